The van der Waals surface area contributed by atoms with E-state index in [-0.39, 0.29) is 23.8 Å². The Kier molecular flexibility index (Phi) is 5.38. The van der Waals surface area contributed by atoms with E-state index in [1.54, 1.807) is 4.90 Å². The number of halogens is 2. The molecule has 0 radical (unpaired) electrons. The molecule has 4 rings (SSSR count). The summed E-state index contributed by atoms with van der Waals surface area (Å²) in [7, 11) is 0. The van der Waals surface area contributed by atoms with E-state index in [1.165, 1.54) is 12.1 Å². The Morgan fingerprint density at radius 2 is 1.83 bits per heavy atom. The van der Waals surface area contributed by atoms with Crippen LogP contribution in [-0.2, 0) is 17.9 Å². The molecule has 0 aliphatic carbocycles. The molecule has 3 heterocycles. The molecule has 0 saturated carbocycles. The molecule has 0 N–H and O–H groups in total. The highest BCUT2D eigenvalue weighted by atomic mass is 19.1. The molecule has 156 valence electrons. The van der Waals surface area contributed by atoms with Crippen molar-refractivity contribution in [2.75, 3.05) is 19.6 Å². The fourth-order valence-electron chi connectivity index (χ4n) is 4.33. The van der Waals surface area contributed by atoms with Gasteiger partial charge >= 0.3 is 0 Å². The number of carbonyl (C=O) groups excluding carboxylic acids is 1. The molecule has 1 aromatic carbocycles. The van der Waals surface area contributed by atoms with Crippen LogP contribution in [0.5, 0.6) is 0 Å². The van der Waals surface area contributed by atoms with Crippen molar-refractivity contribution < 1.29 is 18.1 Å². The average Bonchev–Trinajstić information content (AvgIpc) is 3.22. The maximum Gasteiger partial charge on any atom is 0.229 e. The predicted octanol–water partition coefficient (Wildman–Crippen LogP) is 3.49. The third kappa shape index (κ3) is 4.47. The van der Waals surface area contributed by atoms with Gasteiger partial charge in [0.15, 0.2) is 5.82 Å². The predicted molar refractivity (Wildman–Crippen MR) is 102 cm³/mol. The van der Waals surface area contributed by atoms with Crippen molar-refractivity contribution in [1.82, 2.24) is 19.9 Å². The van der Waals surface area contributed by atoms with Crippen LogP contribution in [0.4, 0.5) is 8.78 Å². The Labute approximate surface area is 168 Å². The first-order valence-corrected chi connectivity index (χ1v) is 10.1. The Hall–Kier alpha value is -2.35. The maximum absolute atomic E-state index is 13.4. The Morgan fingerprint density at radius 3 is 2.45 bits per heavy atom. The Morgan fingerprint density at radius 1 is 1.14 bits per heavy atom. The largest absolute Gasteiger partial charge is 0.339 e. The summed E-state index contributed by atoms with van der Waals surface area (Å²) in [5.41, 5.74) is 0.434. The molecule has 2 aliphatic heterocycles. The van der Waals surface area contributed by atoms with Gasteiger partial charge in [0, 0.05) is 31.5 Å². The number of nitrogens with zero attached hydrogens (tertiary/aromatic N) is 4. The van der Waals surface area contributed by atoms with Gasteiger partial charge in [0.25, 0.3) is 0 Å². The highest BCUT2D eigenvalue weighted by Gasteiger charge is 2.44. The number of piperidine rings is 1. The van der Waals surface area contributed by atoms with Crippen LogP contribution >= 0.6 is 0 Å². The first kappa shape index (κ1) is 19.9. The molecule has 2 fully saturated rings. The minimum Gasteiger partial charge on any atom is -0.339 e. The molecule has 0 bridgehead atoms. The van der Waals surface area contributed by atoms with Gasteiger partial charge in [-0.2, -0.15) is 4.98 Å². The lowest BCUT2D eigenvalue weighted by Gasteiger charge is -2.38. The molecule has 1 amide bonds. The fraction of sp³-hybridized carbons (Fsp3) is 0.571. The van der Waals surface area contributed by atoms with Crippen molar-refractivity contribution in [2.45, 2.75) is 52.1 Å². The van der Waals surface area contributed by atoms with Crippen LogP contribution in [0.25, 0.3) is 0 Å². The van der Waals surface area contributed by atoms with Gasteiger partial charge in [0.1, 0.15) is 11.6 Å². The molecule has 2 aromatic rings. The second kappa shape index (κ2) is 7.82. The highest BCUT2D eigenvalue weighted by molar-refractivity contribution is 5.79. The zero-order chi connectivity index (χ0) is 20.6. The molecule has 1 aromatic heterocycles. The van der Waals surface area contributed by atoms with E-state index >= 15 is 0 Å². The van der Waals surface area contributed by atoms with Gasteiger partial charge in [-0.05, 0) is 49.0 Å². The van der Waals surface area contributed by atoms with Crippen molar-refractivity contribution in [1.29, 1.82) is 0 Å². The average molecular weight is 404 g/mol. The number of likely N-dealkylation sites (tertiary alicyclic amines) is 2. The van der Waals surface area contributed by atoms with Gasteiger partial charge in [-0.1, -0.05) is 19.0 Å². The van der Waals surface area contributed by atoms with Crippen molar-refractivity contribution in [2.24, 2.45) is 5.41 Å². The molecular formula is C21H26F2N4O2. The van der Waals surface area contributed by atoms with E-state index in [4.69, 9.17) is 4.52 Å². The fourth-order valence-corrected chi connectivity index (χ4v) is 4.33. The molecule has 8 heteroatoms. The van der Waals surface area contributed by atoms with Crippen LogP contribution < -0.4 is 0 Å². The molecule has 29 heavy (non-hydrogen) atoms. The Balaban J connectivity index is 1.34. The van der Waals surface area contributed by atoms with Crippen LogP contribution in [0, 0.1) is 17.0 Å². The quantitative estimate of drug-likeness (QED) is 0.764. The first-order chi connectivity index (χ1) is 13.8. The number of aromatic nitrogens is 2. The van der Waals surface area contributed by atoms with Gasteiger partial charge in [0.2, 0.25) is 11.8 Å². The monoisotopic (exact) mass is 404 g/mol. The number of benzene rings is 1. The van der Waals surface area contributed by atoms with E-state index in [0.717, 1.165) is 32.0 Å². The van der Waals surface area contributed by atoms with Crippen LogP contribution in [-0.4, -0.2) is 45.5 Å². The standard InChI is InChI=1S/C21H26F2N4O2/c1-14(2)20-24-18(25-29-20)12-26-5-3-21(4-6-26)10-19(28)27(13-21)11-15-7-16(22)9-17(23)8-15/h7-9,14H,3-6,10-13H2,1-2H3. The van der Waals surface area contributed by atoms with Crippen LogP contribution in [0.1, 0.15) is 56.3 Å². The summed E-state index contributed by atoms with van der Waals surface area (Å²) in [4.78, 5) is 21.0. The third-order valence-electron chi connectivity index (χ3n) is 5.96. The lowest BCUT2D eigenvalue weighted by atomic mass is 9.77. The van der Waals surface area contributed by atoms with Gasteiger partial charge in [-0.15, -0.1) is 0 Å². The summed E-state index contributed by atoms with van der Waals surface area (Å²) < 4.78 is 32.2. The smallest absolute Gasteiger partial charge is 0.229 e. The molecule has 0 atom stereocenters. The lowest BCUT2D eigenvalue weighted by molar-refractivity contribution is -0.128. The van der Waals surface area contributed by atoms with Gasteiger partial charge in [-0.25, -0.2) is 8.78 Å². The molecule has 0 unspecified atom stereocenters. The number of rotatable bonds is 5. The molecule has 1 spiro atoms. The normalized spacial score (nSPS) is 19.6. The van der Waals surface area contributed by atoms with E-state index in [9.17, 15) is 13.6 Å². The second-order valence-electron chi connectivity index (χ2n) is 8.68. The number of hydrogen-bond donors (Lipinski definition) is 0. The Bertz CT molecular complexity index is 870. The van der Waals surface area contributed by atoms with Crippen molar-refractivity contribution in [3.05, 3.63) is 47.1 Å². The first-order valence-electron chi connectivity index (χ1n) is 10.1. The van der Waals surface area contributed by atoms with Crippen molar-refractivity contribution in [3.8, 4) is 0 Å². The molecule has 2 saturated heterocycles. The third-order valence-corrected chi connectivity index (χ3v) is 5.96. The summed E-state index contributed by atoms with van der Waals surface area (Å²) in [6.45, 7) is 7.29. The van der Waals surface area contributed by atoms with Crippen molar-refractivity contribution >= 4 is 5.91 Å². The summed E-state index contributed by atoms with van der Waals surface area (Å²) in [6.07, 6.45) is 2.31. The summed E-state index contributed by atoms with van der Waals surface area (Å²) >= 11 is 0. The number of carbonyl (C=O) groups is 1. The minimum absolute atomic E-state index is 0.0558. The van der Waals surface area contributed by atoms with Gasteiger partial charge in [0.05, 0.1) is 6.54 Å². The van der Waals surface area contributed by atoms with Gasteiger partial charge < -0.3 is 9.42 Å². The molecule has 6 nitrogen and oxygen atoms in total. The second-order valence-corrected chi connectivity index (χ2v) is 8.68. The molecule has 2 aliphatic rings. The number of amides is 1. The van der Waals surface area contributed by atoms with Crippen LogP contribution in [0.2, 0.25) is 0 Å². The van der Waals surface area contributed by atoms with Crippen LogP contribution in [0.15, 0.2) is 22.7 Å². The van der Waals surface area contributed by atoms with Gasteiger partial charge in [-0.3, -0.25) is 9.69 Å². The summed E-state index contributed by atoms with van der Waals surface area (Å²) in [5.74, 6) is 0.389. The summed E-state index contributed by atoms with van der Waals surface area (Å²) in [6, 6.07) is 3.43. The summed E-state index contributed by atoms with van der Waals surface area (Å²) in [5, 5.41) is 4.05. The topological polar surface area (TPSA) is 62.5 Å². The SMILES string of the molecule is CC(C)c1nc(CN2CCC3(CC2)CC(=O)N(Cc2cc(F)cc(F)c2)C3)no1. The van der Waals surface area contributed by atoms with Crippen molar-refractivity contribution in [3.63, 3.8) is 0 Å². The zero-order valence-electron chi connectivity index (χ0n) is 16.8. The zero-order valence-corrected chi connectivity index (χ0v) is 16.8. The maximum atomic E-state index is 13.4. The lowest BCUT2D eigenvalue weighted by Crippen LogP contribution is -2.41. The van der Waals surface area contributed by atoms with E-state index in [0.29, 0.717) is 36.8 Å². The molecular weight excluding hydrogens is 378 g/mol. The highest BCUT2D eigenvalue weighted by Crippen LogP contribution is 2.41. The number of hydrogen-bond acceptors (Lipinski definition) is 5. The van der Waals surface area contributed by atoms with Crippen LogP contribution in [0.3, 0.4) is 0 Å². The van der Waals surface area contributed by atoms with E-state index in [1.807, 2.05) is 13.8 Å². The van der Waals surface area contributed by atoms with E-state index < -0.39 is 11.6 Å². The minimum atomic E-state index is -0.614. The van der Waals surface area contributed by atoms with E-state index in [2.05, 4.69) is 15.0 Å².